The molecule has 1 saturated carbocycles. The fourth-order valence-corrected chi connectivity index (χ4v) is 4.95. The number of hydrogen-bond acceptors (Lipinski definition) is 3. The molecule has 0 bridgehead atoms. The summed E-state index contributed by atoms with van der Waals surface area (Å²) < 4.78 is 0. The van der Waals surface area contributed by atoms with Crippen LogP contribution in [-0.2, 0) is 4.79 Å². The number of carbonyl (C=O) groups excluding carboxylic acids is 2. The number of nitrogens with one attached hydrogen (secondary N) is 1. The van der Waals surface area contributed by atoms with Gasteiger partial charge in [0.15, 0.2) is 0 Å². The predicted molar refractivity (Wildman–Crippen MR) is 106 cm³/mol. The van der Waals surface area contributed by atoms with Crippen molar-refractivity contribution in [2.75, 3.05) is 25.0 Å². The van der Waals surface area contributed by atoms with E-state index in [4.69, 9.17) is 4.99 Å². The van der Waals surface area contributed by atoms with E-state index in [1.165, 1.54) is 0 Å². The maximum atomic E-state index is 13.3. The molecular weight excluding hydrogens is 340 g/mol. The van der Waals surface area contributed by atoms with Gasteiger partial charge in [-0.1, -0.05) is 32.0 Å². The summed E-state index contributed by atoms with van der Waals surface area (Å²) in [6, 6.07) is 9.41. The molecule has 6 nitrogen and oxygen atoms in total. The summed E-state index contributed by atoms with van der Waals surface area (Å²) in [4.78, 5) is 34.6. The van der Waals surface area contributed by atoms with Crippen LogP contribution in [0.1, 0.15) is 33.6 Å². The SMILES string of the molecule is CC1=N[C@@]2(CC[C@@H]3CN(C(=O)Nc4ccccc4)C[C@@H]32)C(=O)N1CC(C)C. The van der Waals surface area contributed by atoms with E-state index in [1.807, 2.05) is 47.1 Å². The van der Waals surface area contributed by atoms with Crippen LogP contribution in [0.5, 0.6) is 0 Å². The van der Waals surface area contributed by atoms with Crippen molar-refractivity contribution in [2.24, 2.45) is 22.7 Å². The molecule has 1 aromatic carbocycles. The summed E-state index contributed by atoms with van der Waals surface area (Å²) >= 11 is 0. The Balaban J connectivity index is 1.49. The molecule has 2 aliphatic heterocycles. The number of aliphatic imine (C=N–C) groups is 1. The molecule has 6 heteroatoms. The number of amidine groups is 1. The number of anilines is 1. The van der Waals surface area contributed by atoms with Crippen molar-refractivity contribution in [3.8, 4) is 0 Å². The van der Waals surface area contributed by atoms with Crippen LogP contribution in [-0.4, -0.2) is 52.7 Å². The first kappa shape index (κ1) is 18.0. The van der Waals surface area contributed by atoms with Crippen LogP contribution in [0.3, 0.4) is 0 Å². The molecule has 0 aromatic heterocycles. The third-order valence-corrected chi connectivity index (χ3v) is 6.18. The number of benzene rings is 1. The van der Waals surface area contributed by atoms with Gasteiger partial charge in [-0.05, 0) is 43.7 Å². The molecule has 4 rings (SSSR count). The highest BCUT2D eigenvalue weighted by atomic mass is 16.2. The molecule has 0 radical (unpaired) electrons. The van der Waals surface area contributed by atoms with Gasteiger partial charge in [0.25, 0.3) is 5.91 Å². The van der Waals surface area contributed by atoms with Crippen molar-refractivity contribution < 1.29 is 9.59 Å². The molecule has 1 saturated heterocycles. The first-order chi connectivity index (χ1) is 12.9. The van der Waals surface area contributed by atoms with Crippen molar-refractivity contribution in [1.29, 1.82) is 0 Å². The molecule has 2 fully saturated rings. The predicted octanol–water partition coefficient (Wildman–Crippen LogP) is 3.22. The second-order valence-corrected chi connectivity index (χ2v) is 8.50. The highest BCUT2D eigenvalue weighted by Crippen LogP contribution is 2.50. The van der Waals surface area contributed by atoms with Gasteiger partial charge in [-0.15, -0.1) is 0 Å². The summed E-state index contributed by atoms with van der Waals surface area (Å²) in [6.45, 7) is 8.20. The molecule has 1 spiro atoms. The van der Waals surface area contributed by atoms with Gasteiger partial charge in [0, 0.05) is 31.2 Å². The maximum absolute atomic E-state index is 13.3. The van der Waals surface area contributed by atoms with Crippen LogP contribution in [0.25, 0.3) is 0 Å². The molecule has 3 amide bonds. The molecule has 1 aliphatic carbocycles. The molecule has 27 heavy (non-hydrogen) atoms. The van der Waals surface area contributed by atoms with Gasteiger partial charge >= 0.3 is 6.03 Å². The van der Waals surface area contributed by atoms with Crippen LogP contribution >= 0.6 is 0 Å². The van der Waals surface area contributed by atoms with Gasteiger partial charge < -0.3 is 10.2 Å². The van der Waals surface area contributed by atoms with Crippen LogP contribution in [0.15, 0.2) is 35.3 Å². The van der Waals surface area contributed by atoms with Gasteiger partial charge in [0.2, 0.25) is 0 Å². The fourth-order valence-electron chi connectivity index (χ4n) is 4.95. The van der Waals surface area contributed by atoms with Gasteiger partial charge in [-0.3, -0.25) is 14.7 Å². The summed E-state index contributed by atoms with van der Waals surface area (Å²) in [5, 5.41) is 2.96. The normalized spacial score (nSPS) is 29.6. The number of para-hydroxylation sites is 1. The van der Waals surface area contributed by atoms with Gasteiger partial charge in [-0.2, -0.15) is 0 Å². The Morgan fingerprint density at radius 3 is 2.74 bits per heavy atom. The summed E-state index contributed by atoms with van der Waals surface area (Å²) in [7, 11) is 0. The lowest BCUT2D eigenvalue weighted by Crippen LogP contribution is -2.47. The molecule has 1 N–H and O–H groups in total. The van der Waals surface area contributed by atoms with Crippen LogP contribution in [0.2, 0.25) is 0 Å². The van der Waals surface area contributed by atoms with Crippen LogP contribution in [0, 0.1) is 17.8 Å². The van der Waals surface area contributed by atoms with Crippen molar-refractivity contribution >= 4 is 23.5 Å². The number of carbonyl (C=O) groups is 2. The summed E-state index contributed by atoms with van der Waals surface area (Å²) in [5.74, 6) is 1.86. The fraction of sp³-hybridized carbons (Fsp3) is 0.571. The zero-order valence-electron chi connectivity index (χ0n) is 16.3. The van der Waals surface area contributed by atoms with E-state index >= 15 is 0 Å². The third-order valence-electron chi connectivity index (χ3n) is 6.18. The number of likely N-dealkylation sites (tertiary alicyclic amines) is 1. The Kier molecular flexibility index (Phi) is 4.44. The quantitative estimate of drug-likeness (QED) is 0.890. The number of rotatable bonds is 3. The Labute approximate surface area is 160 Å². The minimum Gasteiger partial charge on any atom is -0.324 e. The Hall–Kier alpha value is -2.37. The molecule has 2 heterocycles. The van der Waals surface area contributed by atoms with E-state index in [0.29, 0.717) is 31.5 Å². The Morgan fingerprint density at radius 2 is 2.04 bits per heavy atom. The summed E-state index contributed by atoms with van der Waals surface area (Å²) in [5.41, 5.74) is 0.147. The lowest BCUT2D eigenvalue weighted by atomic mass is 9.85. The number of urea groups is 1. The van der Waals surface area contributed by atoms with Crippen molar-refractivity contribution in [2.45, 2.75) is 39.2 Å². The van der Waals surface area contributed by atoms with E-state index in [1.54, 1.807) is 0 Å². The van der Waals surface area contributed by atoms with E-state index in [2.05, 4.69) is 19.2 Å². The number of amides is 3. The van der Waals surface area contributed by atoms with Crippen molar-refractivity contribution in [1.82, 2.24) is 9.80 Å². The molecule has 144 valence electrons. The number of fused-ring (bicyclic) bond motifs is 2. The molecule has 3 atom stereocenters. The zero-order valence-corrected chi connectivity index (χ0v) is 16.3. The van der Waals surface area contributed by atoms with E-state index < -0.39 is 5.54 Å². The highest BCUT2D eigenvalue weighted by molar-refractivity contribution is 6.08. The van der Waals surface area contributed by atoms with Crippen LogP contribution in [0.4, 0.5) is 10.5 Å². The molecule has 1 aromatic rings. The summed E-state index contributed by atoms with van der Waals surface area (Å²) in [6.07, 6.45) is 1.76. The lowest BCUT2D eigenvalue weighted by Gasteiger charge is -2.28. The van der Waals surface area contributed by atoms with Gasteiger partial charge in [-0.25, -0.2) is 4.79 Å². The molecular formula is C21H28N4O2. The number of hydrogen-bond donors (Lipinski definition) is 1. The number of nitrogens with zero attached hydrogens (tertiary/aromatic N) is 3. The lowest BCUT2D eigenvalue weighted by molar-refractivity contribution is -0.132. The van der Waals surface area contributed by atoms with Crippen molar-refractivity contribution in [3.63, 3.8) is 0 Å². The maximum Gasteiger partial charge on any atom is 0.321 e. The van der Waals surface area contributed by atoms with E-state index in [9.17, 15) is 9.59 Å². The molecule has 3 aliphatic rings. The molecule has 0 unspecified atom stereocenters. The standard InChI is InChI=1S/C21H28N4O2/c1-14(2)11-25-15(3)23-21(19(25)26)10-9-16-12-24(13-18(16)21)20(27)22-17-7-5-4-6-8-17/h4-8,14,16,18H,9-13H2,1-3H3,(H,22,27)/t16-,18+,21-/m1/s1. The van der Waals surface area contributed by atoms with E-state index in [0.717, 1.165) is 24.4 Å². The van der Waals surface area contributed by atoms with E-state index in [-0.39, 0.29) is 17.9 Å². The first-order valence-electron chi connectivity index (χ1n) is 9.90. The average Bonchev–Trinajstić information content (AvgIpc) is 3.26. The highest BCUT2D eigenvalue weighted by Gasteiger charge is 2.61. The topological polar surface area (TPSA) is 65.0 Å². The smallest absolute Gasteiger partial charge is 0.321 e. The van der Waals surface area contributed by atoms with Gasteiger partial charge in [0.05, 0.1) is 0 Å². The van der Waals surface area contributed by atoms with Crippen molar-refractivity contribution in [3.05, 3.63) is 30.3 Å². The minimum atomic E-state index is -0.647. The second kappa shape index (κ2) is 6.66. The second-order valence-electron chi connectivity index (χ2n) is 8.50. The minimum absolute atomic E-state index is 0.0871. The first-order valence-corrected chi connectivity index (χ1v) is 9.90. The average molecular weight is 368 g/mol. The largest absolute Gasteiger partial charge is 0.324 e. The zero-order chi connectivity index (χ0) is 19.2. The Bertz CT molecular complexity index is 776. The van der Waals surface area contributed by atoms with Crippen LogP contribution < -0.4 is 5.32 Å². The third kappa shape index (κ3) is 3.01. The van der Waals surface area contributed by atoms with Gasteiger partial charge in [0.1, 0.15) is 11.4 Å². The monoisotopic (exact) mass is 368 g/mol. The Morgan fingerprint density at radius 1 is 1.30 bits per heavy atom.